The molecule has 1 aromatic heterocycles. The molecule has 3 rings (SSSR count). The van der Waals surface area contributed by atoms with E-state index in [4.69, 9.17) is 10.5 Å². The van der Waals surface area contributed by atoms with E-state index in [9.17, 15) is 9.18 Å². The first kappa shape index (κ1) is 13.2. The second-order valence-electron chi connectivity index (χ2n) is 5.04. The quantitative estimate of drug-likeness (QED) is 0.886. The lowest BCUT2D eigenvalue weighted by Gasteiger charge is -2.25. The third kappa shape index (κ3) is 2.21. The smallest absolute Gasteiger partial charge is 0.258 e. The Morgan fingerprint density at radius 1 is 1.60 bits per heavy atom. The molecule has 1 aromatic rings. The van der Waals surface area contributed by atoms with Gasteiger partial charge in [-0.2, -0.15) is 0 Å². The van der Waals surface area contributed by atoms with Crippen molar-refractivity contribution in [1.29, 1.82) is 0 Å². The largest absolute Gasteiger partial charge is 0.349 e. The normalized spacial score (nSPS) is 22.3. The predicted molar refractivity (Wildman–Crippen MR) is 70.4 cm³/mol. The molecule has 2 heterocycles. The standard InChI is InChI=1S/C14H16FN3O2/c15-5-9(6-16)8-20-14-11-3-4-17-7-12(11)13(19)18(14)10-1-2-10/h3-5,7,10,14H,1-2,6,8,16H2. The summed E-state index contributed by atoms with van der Waals surface area (Å²) in [6, 6.07) is 2.00. The molecule has 106 valence electrons. The SMILES string of the molecule is NCC(=CF)COC1c2ccncc2C(=O)N1C1CC1. The number of carbonyl (C=O) groups excluding carboxylic acids is 1. The van der Waals surface area contributed by atoms with E-state index in [1.807, 2.05) is 0 Å². The number of amides is 1. The minimum atomic E-state index is -0.463. The Bertz CT molecular complexity index is 557. The highest BCUT2D eigenvalue weighted by Gasteiger charge is 2.45. The third-order valence-corrected chi connectivity index (χ3v) is 3.62. The molecular formula is C14H16FN3O2. The fraction of sp³-hybridized carbons (Fsp3) is 0.429. The van der Waals surface area contributed by atoms with E-state index >= 15 is 0 Å². The number of hydrogen-bond donors (Lipinski definition) is 1. The maximum atomic E-state index is 12.6. The molecule has 0 saturated heterocycles. The molecule has 1 unspecified atom stereocenters. The van der Waals surface area contributed by atoms with Gasteiger partial charge in [-0.15, -0.1) is 0 Å². The van der Waals surface area contributed by atoms with Gasteiger partial charge in [0.05, 0.1) is 18.5 Å². The summed E-state index contributed by atoms with van der Waals surface area (Å²) in [7, 11) is 0. The summed E-state index contributed by atoms with van der Waals surface area (Å²) in [6.07, 6.45) is 5.16. The van der Waals surface area contributed by atoms with Crippen LogP contribution in [0.25, 0.3) is 0 Å². The number of hydrogen-bond acceptors (Lipinski definition) is 4. The van der Waals surface area contributed by atoms with Crippen molar-refractivity contribution in [3.63, 3.8) is 0 Å². The molecule has 1 atom stereocenters. The Morgan fingerprint density at radius 3 is 3.05 bits per heavy atom. The van der Waals surface area contributed by atoms with Crippen LogP contribution in [0.3, 0.4) is 0 Å². The van der Waals surface area contributed by atoms with E-state index in [0.29, 0.717) is 17.5 Å². The highest BCUT2D eigenvalue weighted by molar-refractivity contribution is 5.99. The van der Waals surface area contributed by atoms with Crippen LogP contribution in [0.1, 0.15) is 35.0 Å². The average molecular weight is 277 g/mol. The molecule has 5 nitrogen and oxygen atoms in total. The lowest BCUT2D eigenvalue weighted by molar-refractivity contribution is -0.0342. The summed E-state index contributed by atoms with van der Waals surface area (Å²) in [6.45, 7) is 0.180. The van der Waals surface area contributed by atoms with Gasteiger partial charge in [-0.25, -0.2) is 4.39 Å². The summed E-state index contributed by atoms with van der Waals surface area (Å²) in [5, 5.41) is 0. The number of nitrogens with two attached hydrogens (primary N) is 1. The number of aromatic nitrogens is 1. The molecule has 1 amide bonds. The number of rotatable bonds is 5. The minimum Gasteiger partial charge on any atom is -0.349 e. The fourth-order valence-corrected chi connectivity index (χ4v) is 2.40. The number of fused-ring (bicyclic) bond motifs is 1. The number of ether oxygens (including phenoxy) is 1. The van der Waals surface area contributed by atoms with Crippen molar-refractivity contribution in [3.8, 4) is 0 Å². The second kappa shape index (κ2) is 5.30. The lowest BCUT2D eigenvalue weighted by atomic mass is 10.2. The first-order chi connectivity index (χ1) is 9.76. The zero-order valence-electron chi connectivity index (χ0n) is 11.0. The Hall–Kier alpha value is -1.79. The van der Waals surface area contributed by atoms with Crippen molar-refractivity contribution in [1.82, 2.24) is 9.88 Å². The van der Waals surface area contributed by atoms with Crippen LogP contribution < -0.4 is 5.73 Å². The van der Waals surface area contributed by atoms with Gasteiger partial charge in [0.2, 0.25) is 0 Å². The van der Waals surface area contributed by atoms with Crippen molar-refractivity contribution >= 4 is 5.91 Å². The highest BCUT2D eigenvalue weighted by Crippen LogP contribution is 2.42. The molecule has 0 radical (unpaired) electrons. The summed E-state index contributed by atoms with van der Waals surface area (Å²) in [5.41, 5.74) is 7.16. The summed E-state index contributed by atoms with van der Waals surface area (Å²) in [4.78, 5) is 18.1. The number of carbonyl (C=O) groups is 1. The van der Waals surface area contributed by atoms with E-state index in [1.54, 1.807) is 23.4 Å². The van der Waals surface area contributed by atoms with Gasteiger partial charge < -0.3 is 15.4 Å². The van der Waals surface area contributed by atoms with Crippen LogP contribution in [0, 0.1) is 0 Å². The van der Waals surface area contributed by atoms with E-state index < -0.39 is 6.23 Å². The van der Waals surface area contributed by atoms with Crippen LogP contribution in [-0.4, -0.2) is 35.0 Å². The Balaban J connectivity index is 1.84. The summed E-state index contributed by atoms with van der Waals surface area (Å²) >= 11 is 0. The zero-order chi connectivity index (χ0) is 14.1. The van der Waals surface area contributed by atoms with E-state index in [-0.39, 0.29) is 25.1 Å². The van der Waals surface area contributed by atoms with Crippen molar-refractivity contribution in [3.05, 3.63) is 41.5 Å². The molecule has 0 spiro atoms. The van der Waals surface area contributed by atoms with Crippen LogP contribution in [0.2, 0.25) is 0 Å². The van der Waals surface area contributed by atoms with E-state index in [1.165, 1.54) is 0 Å². The number of halogens is 1. The van der Waals surface area contributed by atoms with Crippen LogP contribution in [0.15, 0.2) is 30.4 Å². The molecule has 6 heteroatoms. The highest BCUT2D eigenvalue weighted by atomic mass is 19.1. The third-order valence-electron chi connectivity index (χ3n) is 3.62. The first-order valence-corrected chi connectivity index (χ1v) is 6.62. The molecule has 0 aromatic carbocycles. The summed E-state index contributed by atoms with van der Waals surface area (Å²) < 4.78 is 18.3. The van der Waals surface area contributed by atoms with Gasteiger partial charge in [-0.05, 0) is 24.5 Å². The van der Waals surface area contributed by atoms with Gasteiger partial charge in [-0.1, -0.05) is 0 Å². The van der Waals surface area contributed by atoms with Crippen LogP contribution in [0.5, 0.6) is 0 Å². The Morgan fingerprint density at radius 2 is 2.40 bits per heavy atom. The number of pyridine rings is 1. The molecule has 1 saturated carbocycles. The average Bonchev–Trinajstić information content (AvgIpc) is 3.27. The van der Waals surface area contributed by atoms with Crippen LogP contribution in [-0.2, 0) is 4.74 Å². The van der Waals surface area contributed by atoms with Crippen LogP contribution in [0.4, 0.5) is 4.39 Å². The molecule has 1 fully saturated rings. The molecule has 1 aliphatic carbocycles. The molecule has 2 aliphatic rings. The molecular weight excluding hydrogens is 261 g/mol. The fourth-order valence-electron chi connectivity index (χ4n) is 2.40. The Labute approximate surface area is 116 Å². The maximum Gasteiger partial charge on any atom is 0.258 e. The monoisotopic (exact) mass is 277 g/mol. The first-order valence-electron chi connectivity index (χ1n) is 6.62. The van der Waals surface area contributed by atoms with Gasteiger partial charge in [0.15, 0.2) is 6.23 Å². The van der Waals surface area contributed by atoms with Crippen molar-refractivity contribution < 1.29 is 13.9 Å². The van der Waals surface area contributed by atoms with Crippen molar-refractivity contribution in [2.75, 3.05) is 13.2 Å². The van der Waals surface area contributed by atoms with E-state index in [0.717, 1.165) is 18.4 Å². The maximum absolute atomic E-state index is 12.6. The van der Waals surface area contributed by atoms with Gasteiger partial charge >= 0.3 is 0 Å². The van der Waals surface area contributed by atoms with Gasteiger partial charge in [0.25, 0.3) is 5.91 Å². The van der Waals surface area contributed by atoms with Gasteiger partial charge in [0.1, 0.15) is 0 Å². The van der Waals surface area contributed by atoms with Crippen LogP contribution >= 0.6 is 0 Å². The lowest BCUT2D eigenvalue weighted by Crippen LogP contribution is -2.32. The molecule has 0 bridgehead atoms. The second-order valence-corrected chi connectivity index (χ2v) is 5.04. The van der Waals surface area contributed by atoms with Gasteiger partial charge in [0, 0.05) is 30.5 Å². The molecule has 2 N–H and O–H groups in total. The van der Waals surface area contributed by atoms with Crippen molar-refractivity contribution in [2.24, 2.45) is 5.73 Å². The number of nitrogens with zero attached hydrogens (tertiary/aromatic N) is 2. The van der Waals surface area contributed by atoms with Crippen molar-refractivity contribution in [2.45, 2.75) is 25.1 Å². The topological polar surface area (TPSA) is 68.5 Å². The zero-order valence-corrected chi connectivity index (χ0v) is 11.0. The molecule has 1 aliphatic heterocycles. The minimum absolute atomic E-state index is 0.0564. The van der Waals surface area contributed by atoms with E-state index in [2.05, 4.69) is 4.98 Å². The van der Waals surface area contributed by atoms with Gasteiger partial charge in [-0.3, -0.25) is 9.78 Å². The Kier molecular flexibility index (Phi) is 3.50. The predicted octanol–water partition coefficient (Wildman–Crippen LogP) is 1.53. The molecule has 20 heavy (non-hydrogen) atoms. The summed E-state index contributed by atoms with van der Waals surface area (Å²) in [5.74, 6) is -0.0564.